The maximum Gasteiger partial charge on any atom is 0.471 e. The van der Waals surface area contributed by atoms with E-state index in [2.05, 4.69) is 12.2 Å². The standard InChI is InChI=1S/C23H27F3N2O2/c1-16(18-9-6-10-20(13-18)30-2)27-14-19-11-12-28(22(29)23(24,25)26)15-21(19)17-7-4-3-5-8-17/h3-10,13,16,19,21,27H,11-12,14-15H2,1-2H3/t16-,19?,21?/m1/s1. The van der Waals surface area contributed by atoms with Crippen molar-refractivity contribution in [3.05, 3.63) is 65.7 Å². The molecule has 3 rings (SSSR count). The fourth-order valence-electron chi connectivity index (χ4n) is 4.04. The molecule has 3 atom stereocenters. The van der Waals surface area contributed by atoms with Crippen LogP contribution in [-0.2, 0) is 4.79 Å². The highest BCUT2D eigenvalue weighted by Gasteiger charge is 2.45. The molecule has 0 bridgehead atoms. The molecule has 0 radical (unpaired) electrons. The lowest BCUT2D eigenvalue weighted by Gasteiger charge is -2.39. The monoisotopic (exact) mass is 420 g/mol. The van der Waals surface area contributed by atoms with Gasteiger partial charge in [0.15, 0.2) is 0 Å². The molecule has 1 heterocycles. The van der Waals surface area contributed by atoms with Crippen LogP contribution in [0, 0.1) is 5.92 Å². The van der Waals surface area contributed by atoms with Crippen LogP contribution < -0.4 is 10.1 Å². The minimum Gasteiger partial charge on any atom is -0.497 e. The van der Waals surface area contributed by atoms with E-state index in [4.69, 9.17) is 4.74 Å². The van der Waals surface area contributed by atoms with E-state index in [-0.39, 0.29) is 31.0 Å². The van der Waals surface area contributed by atoms with Crippen molar-refractivity contribution >= 4 is 5.91 Å². The molecule has 2 aromatic carbocycles. The number of ether oxygens (including phenoxy) is 1. The second-order valence-corrected chi connectivity index (χ2v) is 7.72. The van der Waals surface area contributed by atoms with Crippen LogP contribution in [0.4, 0.5) is 13.2 Å². The van der Waals surface area contributed by atoms with Crippen molar-refractivity contribution in [2.24, 2.45) is 5.92 Å². The molecule has 0 saturated carbocycles. The van der Waals surface area contributed by atoms with Crippen LogP contribution in [0.15, 0.2) is 54.6 Å². The Morgan fingerprint density at radius 3 is 2.60 bits per heavy atom. The van der Waals surface area contributed by atoms with Gasteiger partial charge in [-0.2, -0.15) is 13.2 Å². The van der Waals surface area contributed by atoms with Crippen LogP contribution in [0.2, 0.25) is 0 Å². The highest BCUT2D eigenvalue weighted by Crippen LogP contribution is 2.34. The zero-order valence-corrected chi connectivity index (χ0v) is 17.2. The second kappa shape index (κ2) is 9.51. The number of methoxy groups -OCH3 is 1. The van der Waals surface area contributed by atoms with Crippen molar-refractivity contribution < 1.29 is 22.7 Å². The van der Waals surface area contributed by atoms with E-state index >= 15 is 0 Å². The smallest absolute Gasteiger partial charge is 0.471 e. The Labute approximate surface area is 175 Å². The molecule has 0 spiro atoms. The van der Waals surface area contributed by atoms with Crippen LogP contribution in [0.5, 0.6) is 5.75 Å². The van der Waals surface area contributed by atoms with Gasteiger partial charge in [-0.15, -0.1) is 0 Å². The molecule has 0 aromatic heterocycles. The third-order valence-corrected chi connectivity index (χ3v) is 5.79. The summed E-state index contributed by atoms with van der Waals surface area (Å²) in [6, 6.07) is 17.3. The molecule has 162 valence electrons. The quantitative estimate of drug-likeness (QED) is 0.746. The van der Waals surface area contributed by atoms with E-state index in [1.807, 2.05) is 54.6 Å². The molecule has 4 nitrogen and oxygen atoms in total. The lowest BCUT2D eigenvalue weighted by Crippen LogP contribution is -2.49. The lowest BCUT2D eigenvalue weighted by atomic mass is 9.80. The number of halogens is 3. The third-order valence-electron chi connectivity index (χ3n) is 5.79. The van der Waals surface area contributed by atoms with Crippen LogP contribution in [0.3, 0.4) is 0 Å². The van der Waals surface area contributed by atoms with E-state index in [1.165, 1.54) is 0 Å². The number of benzene rings is 2. The fourth-order valence-corrected chi connectivity index (χ4v) is 4.04. The third kappa shape index (κ3) is 5.33. The van der Waals surface area contributed by atoms with Gasteiger partial charge in [0.25, 0.3) is 0 Å². The number of hydrogen-bond acceptors (Lipinski definition) is 3. The number of amides is 1. The first kappa shape index (κ1) is 22.2. The summed E-state index contributed by atoms with van der Waals surface area (Å²) >= 11 is 0. The second-order valence-electron chi connectivity index (χ2n) is 7.72. The first-order valence-corrected chi connectivity index (χ1v) is 10.1. The van der Waals surface area contributed by atoms with Gasteiger partial charge in [0, 0.05) is 25.0 Å². The van der Waals surface area contributed by atoms with E-state index < -0.39 is 12.1 Å². The van der Waals surface area contributed by atoms with Crippen molar-refractivity contribution in [3.63, 3.8) is 0 Å². The van der Waals surface area contributed by atoms with Crippen molar-refractivity contribution in [1.29, 1.82) is 0 Å². The normalized spacial score (nSPS) is 20.6. The molecule has 2 aromatic rings. The molecule has 1 aliphatic rings. The number of piperidine rings is 1. The van der Waals surface area contributed by atoms with Gasteiger partial charge in [0.2, 0.25) is 0 Å². The van der Waals surface area contributed by atoms with Gasteiger partial charge in [-0.25, -0.2) is 0 Å². The topological polar surface area (TPSA) is 41.6 Å². The molecule has 1 N–H and O–H groups in total. The van der Waals surface area contributed by atoms with Crippen molar-refractivity contribution in [1.82, 2.24) is 10.2 Å². The van der Waals surface area contributed by atoms with E-state index in [9.17, 15) is 18.0 Å². The highest BCUT2D eigenvalue weighted by molar-refractivity contribution is 5.82. The van der Waals surface area contributed by atoms with Gasteiger partial charge in [-0.05, 0) is 49.1 Å². The Kier molecular flexibility index (Phi) is 7.02. The largest absolute Gasteiger partial charge is 0.497 e. The minimum atomic E-state index is -4.84. The number of hydrogen-bond donors (Lipinski definition) is 1. The summed E-state index contributed by atoms with van der Waals surface area (Å²) in [7, 11) is 1.62. The molecule has 7 heteroatoms. The zero-order chi connectivity index (χ0) is 21.7. The Balaban J connectivity index is 1.72. The van der Waals surface area contributed by atoms with Gasteiger partial charge in [-0.1, -0.05) is 42.5 Å². The molecule has 1 saturated heterocycles. The Bertz CT molecular complexity index is 842. The molecule has 1 fully saturated rings. The molecule has 1 amide bonds. The van der Waals surface area contributed by atoms with Crippen LogP contribution in [-0.4, -0.2) is 43.7 Å². The number of likely N-dealkylation sites (tertiary alicyclic amines) is 1. The lowest BCUT2D eigenvalue weighted by molar-refractivity contribution is -0.187. The number of rotatable bonds is 6. The highest BCUT2D eigenvalue weighted by atomic mass is 19.4. The Morgan fingerprint density at radius 1 is 1.20 bits per heavy atom. The maximum absolute atomic E-state index is 13.0. The molecular formula is C23H27F3N2O2. The van der Waals surface area contributed by atoms with Crippen molar-refractivity contribution in [2.45, 2.75) is 31.5 Å². The van der Waals surface area contributed by atoms with Crippen LogP contribution >= 0.6 is 0 Å². The Hall–Kier alpha value is -2.54. The summed E-state index contributed by atoms with van der Waals surface area (Å²) in [5.41, 5.74) is 2.04. The number of alkyl halides is 3. The molecule has 30 heavy (non-hydrogen) atoms. The molecule has 2 unspecified atom stereocenters. The van der Waals surface area contributed by atoms with E-state index in [1.54, 1.807) is 7.11 Å². The van der Waals surface area contributed by atoms with E-state index in [0.29, 0.717) is 13.0 Å². The number of carbonyl (C=O) groups excluding carboxylic acids is 1. The van der Waals surface area contributed by atoms with Crippen LogP contribution in [0.25, 0.3) is 0 Å². The first-order valence-electron chi connectivity index (χ1n) is 10.1. The van der Waals surface area contributed by atoms with E-state index in [0.717, 1.165) is 21.8 Å². The predicted molar refractivity (Wildman–Crippen MR) is 109 cm³/mol. The summed E-state index contributed by atoms with van der Waals surface area (Å²) in [5.74, 6) is -1.00. The number of nitrogens with one attached hydrogen (secondary N) is 1. The zero-order valence-electron chi connectivity index (χ0n) is 17.2. The predicted octanol–water partition coefficient (Wildman–Crippen LogP) is 4.54. The first-order chi connectivity index (χ1) is 14.3. The molecule has 0 aliphatic carbocycles. The summed E-state index contributed by atoms with van der Waals surface area (Å²) in [6.45, 7) is 2.88. The van der Waals surface area contributed by atoms with Gasteiger partial charge in [0.1, 0.15) is 5.75 Å². The summed E-state index contributed by atoms with van der Waals surface area (Å²) in [6.07, 6.45) is -4.33. The Morgan fingerprint density at radius 2 is 1.93 bits per heavy atom. The van der Waals surface area contributed by atoms with Gasteiger partial charge >= 0.3 is 12.1 Å². The average molecular weight is 420 g/mol. The van der Waals surface area contributed by atoms with Gasteiger partial charge in [-0.3, -0.25) is 4.79 Å². The average Bonchev–Trinajstić information content (AvgIpc) is 2.76. The summed E-state index contributed by atoms with van der Waals surface area (Å²) in [5, 5.41) is 3.51. The summed E-state index contributed by atoms with van der Waals surface area (Å²) in [4.78, 5) is 12.7. The van der Waals surface area contributed by atoms with Crippen molar-refractivity contribution in [3.8, 4) is 5.75 Å². The minimum absolute atomic E-state index is 0.0614. The molecule has 1 aliphatic heterocycles. The van der Waals surface area contributed by atoms with Crippen LogP contribution in [0.1, 0.15) is 36.4 Å². The summed E-state index contributed by atoms with van der Waals surface area (Å²) < 4.78 is 44.1. The van der Waals surface area contributed by atoms with Gasteiger partial charge in [0.05, 0.1) is 7.11 Å². The maximum atomic E-state index is 13.0. The number of carbonyl (C=O) groups is 1. The fraction of sp³-hybridized carbons (Fsp3) is 0.435. The molecular weight excluding hydrogens is 393 g/mol. The van der Waals surface area contributed by atoms with Crippen molar-refractivity contribution in [2.75, 3.05) is 26.7 Å². The number of nitrogens with zero attached hydrogens (tertiary/aromatic N) is 1. The SMILES string of the molecule is COc1cccc([C@@H](C)NCC2CCN(C(=O)C(F)(F)F)CC2c2ccccc2)c1. The van der Waals surface area contributed by atoms with Gasteiger partial charge < -0.3 is 15.0 Å².